The third kappa shape index (κ3) is 4.29. The summed E-state index contributed by atoms with van der Waals surface area (Å²) in [4.78, 5) is 12.9. The number of fused-ring (bicyclic) bond motifs is 2. The summed E-state index contributed by atoms with van der Waals surface area (Å²) >= 11 is 6.55. The molecule has 0 spiro atoms. The van der Waals surface area contributed by atoms with E-state index in [1.165, 1.54) is 19.2 Å². The number of hydrogen-bond acceptors (Lipinski definition) is 4. The van der Waals surface area contributed by atoms with E-state index in [9.17, 15) is 9.90 Å². The topological polar surface area (TPSA) is 84.6 Å². The van der Waals surface area contributed by atoms with Gasteiger partial charge in [0.1, 0.15) is 23.0 Å². The SMILES string of the molecule is CNC(=O)c1cc2c(c(F)c1-c1c(Cl)c(F)cc3c1CC(CCCCN)(c1ccccc1)O3)CCC2O. The molecule has 2 atom stereocenters. The maximum Gasteiger partial charge on any atom is 0.251 e. The number of aliphatic hydroxyl groups is 1. The molecule has 0 bridgehead atoms. The lowest BCUT2D eigenvalue weighted by atomic mass is 9.82. The third-order valence-corrected chi connectivity index (χ3v) is 7.91. The van der Waals surface area contributed by atoms with Crippen LogP contribution in [0, 0.1) is 11.6 Å². The number of carbonyl (C=O) groups excluding carboxylic acids is 1. The summed E-state index contributed by atoms with van der Waals surface area (Å²) in [5.74, 6) is -1.70. The summed E-state index contributed by atoms with van der Waals surface area (Å²) in [5.41, 5.74) is 7.13. The second kappa shape index (κ2) is 10.0. The quantitative estimate of drug-likeness (QED) is 0.351. The van der Waals surface area contributed by atoms with Crippen LogP contribution in [0.15, 0.2) is 42.5 Å². The highest BCUT2D eigenvalue weighted by Gasteiger charge is 2.44. The Bertz CT molecular complexity index is 1370. The summed E-state index contributed by atoms with van der Waals surface area (Å²) in [7, 11) is 1.44. The van der Waals surface area contributed by atoms with Gasteiger partial charge in [0, 0.05) is 36.2 Å². The fraction of sp³-hybridized carbons (Fsp3) is 0.345. The first-order chi connectivity index (χ1) is 17.8. The maximum absolute atomic E-state index is 16.2. The monoisotopic (exact) mass is 526 g/mol. The van der Waals surface area contributed by atoms with Crippen molar-refractivity contribution in [3.63, 3.8) is 0 Å². The predicted molar refractivity (Wildman–Crippen MR) is 139 cm³/mol. The second-order valence-corrected chi connectivity index (χ2v) is 10.1. The lowest BCUT2D eigenvalue weighted by Gasteiger charge is -2.29. The van der Waals surface area contributed by atoms with E-state index in [4.69, 9.17) is 22.1 Å². The molecule has 5 nitrogen and oxygen atoms in total. The number of rotatable bonds is 7. The zero-order valence-electron chi connectivity index (χ0n) is 20.5. The van der Waals surface area contributed by atoms with Crippen molar-refractivity contribution in [3.8, 4) is 16.9 Å². The van der Waals surface area contributed by atoms with E-state index in [2.05, 4.69) is 5.32 Å². The summed E-state index contributed by atoms with van der Waals surface area (Å²) < 4.78 is 38.0. The zero-order chi connectivity index (χ0) is 26.3. The predicted octanol–water partition coefficient (Wildman–Crippen LogP) is 5.58. The van der Waals surface area contributed by atoms with Crippen molar-refractivity contribution in [2.24, 2.45) is 5.73 Å². The van der Waals surface area contributed by atoms with E-state index in [-0.39, 0.29) is 27.5 Å². The van der Waals surface area contributed by atoms with E-state index in [0.29, 0.717) is 48.9 Å². The number of hydrogen-bond donors (Lipinski definition) is 3. The molecule has 3 aromatic carbocycles. The van der Waals surface area contributed by atoms with Gasteiger partial charge in [-0.3, -0.25) is 4.79 Å². The molecule has 194 valence electrons. The van der Waals surface area contributed by atoms with Gasteiger partial charge >= 0.3 is 0 Å². The van der Waals surface area contributed by atoms with Crippen molar-refractivity contribution in [1.29, 1.82) is 0 Å². The van der Waals surface area contributed by atoms with E-state index < -0.39 is 29.2 Å². The minimum atomic E-state index is -0.868. The van der Waals surface area contributed by atoms with E-state index in [0.717, 1.165) is 18.4 Å². The standard InChI is InChI=1S/C29H29ClF2N2O3/c1-34-28(36)19-13-18-17(9-10-22(18)35)27(32)25(19)24-20-15-29(11-5-6-12-33,16-7-3-2-4-8-16)37-23(20)14-21(31)26(24)30/h2-4,7-8,13-14,22,35H,5-6,9-12,15,33H2,1H3,(H,34,36). The van der Waals surface area contributed by atoms with E-state index >= 15 is 8.78 Å². The molecule has 1 aliphatic heterocycles. The highest BCUT2D eigenvalue weighted by molar-refractivity contribution is 6.34. The van der Waals surface area contributed by atoms with Gasteiger partial charge in [-0.1, -0.05) is 41.9 Å². The normalized spacial score (nSPS) is 19.9. The molecule has 8 heteroatoms. The number of ether oxygens (including phenoxy) is 1. The molecule has 0 fully saturated rings. The van der Waals surface area contributed by atoms with Gasteiger partial charge in [-0.2, -0.15) is 0 Å². The van der Waals surface area contributed by atoms with Gasteiger partial charge in [-0.15, -0.1) is 0 Å². The molecule has 0 radical (unpaired) electrons. The molecule has 3 aromatic rings. The van der Waals surface area contributed by atoms with Gasteiger partial charge in [0.15, 0.2) is 0 Å². The van der Waals surface area contributed by atoms with Crippen LogP contribution < -0.4 is 15.8 Å². The molecule has 0 aromatic heterocycles. The average molecular weight is 527 g/mol. The average Bonchev–Trinajstić information content (AvgIpc) is 3.46. The number of amides is 1. The first-order valence-corrected chi connectivity index (χ1v) is 12.9. The number of nitrogens with one attached hydrogen (secondary N) is 1. The van der Waals surface area contributed by atoms with Crippen LogP contribution in [0.1, 0.15) is 64.4 Å². The highest BCUT2D eigenvalue weighted by Crippen LogP contribution is 2.52. The Balaban J connectivity index is 1.74. The van der Waals surface area contributed by atoms with Crippen molar-refractivity contribution in [1.82, 2.24) is 5.32 Å². The zero-order valence-corrected chi connectivity index (χ0v) is 21.3. The van der Waals surface area contributed by atoms with Crippen molar-refractivity contribution in [3.05, 3.63) is 86.9 Å². The summed E-state index contributed by atoms with van der Waals surface area (Å²) in [5, 5.41) is 12.7. The molecular weight excluding hydrogens is 498 g/mol. The number of halogens is 3. The molecule has 4 N–H and O–H groups in total. The third-order valence-electron chi connectivity index (χ3n) is 7.54. The molecule has 0 saturated carbocycles. The van der Waals surface area contributed by atoms with Gasteiger partial charge in [-0.25, -0.2) is 8.78 Å². The number of benzene rings is 3. The largest absolute Gasteiger partial charge is 0.482 e. The number of aliphatic hydroxyl groups excluding tert-OH is 1. The first kappa shape index (κ1) is 25.6. The van der Waals surface area contributed by atoms with Crippen LogP contribution in [0.5, 0.6) is 5.75 Å². The van der Waals surface area contributed by atoms with Gasteiger partial charge in [0.2, 0.25) is 0 Å². The fourth-order valence-corrected chi connectivity index (χ4v) is 5.96. The smallest absolute Gasteiger partial charge is 0.251 e. The lowest BCUT2D eigenvalue weighted by molar-refractivity contribution is 0.0793. The van der Waals surface area contributed by atoms with E-state index in [1.807, 2.05) is 30.3 Å². The summed E-state index contributed by atoms with van der Waals surface area (Å²) in [6.45, 7) is 0.533. The van der Waals surface area contributed by atoms with Crippen LogP contribution in [0.25, 0.3) is 11.1 Å². The number of unbranched alkanes of at least 4 members (excludes halogenated alkanes) is 1. The molecule has 1 aliphatic carbocycles. The number of nitrogens with two attached hydrogens (primary N) is 1. The van der Waals surface area contributed by atoms with Crippen LogP contribution >= 0.6 is 11.6 Å². The Labute approximate surface area is 219 Å². The molecule has 2 aliphatic rings. The minimum absolute atomic E-state index is 0.00487. The van der Waals surface area contributed by atoms with Crippen LogP contribution in [-0.2, 0) is 18.4 Å². The van der Waals surface area contributed by atoms with Crippen LogP contribution in [-0.4, -0.2) is 24.6 Å². The van der Waals surface area contributed by atoms with Crippen molar-refractivity contribution in [2.75, 3.05) is 13.6 Å². The molecule has 1 heterocycles. The summed E-state index contributed by atoms with van der Waals surface area (Å²) in [6, 6.07) is 12.4. The molecule has 37 heavy (non-hydrogen) atoms. The number of carbonyl (C=O) groups is 1. The lowest BCUT2D eigenvalue weighted by Crippen LogP contribution is -2.31. The van der Waals surface area contributed by atoms with Crippen LogP contribution in [0.4, 0.5) is 8.78 Å². The van der Waals surface area contributed by atoms with Gasteiger partial charge in [0.05, 0.1) is 16.7 Å². The molecular formula is C29H29ClF2N2O3. The molecule has 2 unspecified atom stereocenters. The first-order valence-electron chi connectivity index (χ1n) is 12.5. The Morgan fingerprint density at radius 2 is 1.95 bits per heavy atom. The maximum atomic E-state index is 16.2. The van der Waals surface area contributed by atoms with Gasteiger partial charge < -0.3 is 20.9 Å². The van der Waals surface area contributed by atoms with E-state index in [1.54, 1.807) is 0 Å². The second-order valence-electron chi connectivity index (χ2n) is 9.72. The van der Waals surface area contributed by atoms with Crippen molar-refractivity contribution < 1.29 is 23.4 Å². The Hall–Kier alpha value is -3.00. The molecule has 5 rings (SSSR count). The van der Waals surface area contributed by atoms with Crippen molar-refractivity contribution in [2.45, 2.75) is 50.2 Å². The fourth-order valence-electron chi connectivity index (χ4n) is 5.70. The molecule has 1 amide bonds. The Kier molecular flexibility index (Phi) is 6.96. The van der Waals surface area contributed by atoms with Gasteiger partial charge in [0.25, 0.3) is 5.91 Å². The highest BCUT2D eigenvalue weighted by atomic mass is 35.5. The van der Waals surface area contributed by atoms with Crippen LogP contribution in [0.2, 0.25) is 5.02 Å². The Morgan fingerprint density at radius 3 is 2.65 bits per heavy atom. The molecule has 0 saturated heterocycles. The minimum Gasteiger partial charge on any atom is -0.482 e. The van der Waals surface area contributed by atoms with Crippen LogP contribution in [0.3, 0.4) is 0 Å². The van der Waals surface area contributed by atoms with Crippen molar-refractivity contribution >= 4 is 17.5 Å². The van der Waals surface area contributed by atoms with Gasteiger partial charge in [-0.05, 0) is 61.4 Å². The summed E-state index contributed by atoms with van der Waals surface area (Å²) in [6.07, 6.45) is 2.29. The Morgan fingerprint density at radius 1 is 1.19 bits per heavy atom.